The maximum absolute atomic E-state index is 13.6. The van der Waals surface area contributed by atoms with Crippen molar-refractivity contribution >= 4 is 29.9 Å². The molecular weight excluding hydrogens is 304 g/mol. The van der Waals surface area contributed by atoms with Crippen molar-refractivity contribution in [2.45, 2.75) is 0 Å². The second-order valence-corrected chi connectivity index (χ2v) is 4.86. The van der Waals surface area contributed by atoms with Crippen LogP contribution in [0.2, 0.25) is 5.02 Å². The molecule has 0 bridgehead atoms. The van der Waals surface area contributed by atoms with Gasteiger partial charge < -0.3 is 10.6 Å². The fourth-order valence-corrected chi connectivity index (χ4v) is 2.21. The fraction of sp³-hybridized carbons (Fsp3) is 0.462. The molecule has 1 aromatic carbocycles. The first-order valence-corrected chi connectivity index (χ1v) is 6.71. The molecule has 20 heavy (non-hydrogen) atoms. The number of nitrogens with one attached hydrogen (secondary N) is 2. The van der Waals surface area contributed by atoms with Gasteiger partial charge in [0.1, 0.15) is 0 Å². The smallest absolute Gasteiger partial charge is 0.254 e. The van der Waals surface area contributed by atoms with Crippen LogP contribution in [-0.2, 0) is 0 Å². The summed E-state index contributed by atoms with van der Waals surface area (Å²) in [5.74, 6) is -1.08. The first-order chi connectivity index (χ1) is 9.18. The molecule has 1 aliphatic rings. The highest BCUT2D eigenvalue weighted by Gasteiger charge is 2.14. The molecular formula is C13H18Cl2FN3O. The van der Waals surface area contributed by atoms with Crippen LogP contribution in [0.4, 0.5) is 4.39 Å². The normalized spacial score (nSPS) is 15.5. The summed E-state index contributed by atoms with van der Waals surface area (Å²) in [5, 5.41) is 5.94. The van der Waals surface area contributed by atoms with E-state index in [0.29, 0.717) is 6.54 Å². The van der Waals surface area contributed by atoms with Gasteiger partial charge in [0.2, 0.25) is 0 Å². The van der Waals surface area contributed by atoms with Crippen LogP contribution < -0.4 is 10.6 Å². The number of benzene rings is 1. The maximum atomic E-state index is 13.6. The molecule has 1 heterocycles. The fourth-order valence-electron chi connectivity index (χ4n) is 2.04. The van der Waals surface area contributed by atoms with Crippen LogP contribution in [0.5, 0.6) is 0 Å². The zero-order chi connectivity index (χ0) is 13.7. The Morgan fingerprint density at radius 3 is 2.80 bits per heavy atom. The second-order valence-electron chi connectivity index (χ2n) is 4.45. The Balaban J connectivity index is 0.00000200. The van der Waals surface area contributed by atoms with Crippen molar-refractivity contribution in [2.75, 3.05) is 39.3 Å². The molecule has 0 radical (unpaired) electrons. The Morgan fingerprint density at radius 1 is 1.40 bits per heavy atom. The molecule has 0 aromatic heterocycles. The number of piperazine rings is 1. The number of carbonyl (C=O) groups excluding carboxylic acids is 1. The van der Waals surface area contributed by atoms with E-state index in [0.717, 1.165) is 32.7 Å². The van der Waals surface area contributed by atoms with Crippen molar-refractivity contribution in [3.8, 4) is 0 Å². The molecule has 2 rings (SSSR count). The summed E-state index contributed by atoms with van der Waals surface area (Å²) in [6.45, 7) is 5.16. The third-order valence-electron chi connectivity index (χ3n) is 3.12. The van der Waals surface area contributed by atoms with Crippen LogP contribution in [-0.4, -0.2) is 50.1 Å². The lowest BCUT2D eigenvalue weighted by molar-refractivity contribution is 0.0943. The largest absolute Gasteiger partial charge is 0.351 e. The molecule has 2 N–H and O–H groups in total. The lowest BCUT2D eigenvalue weighted by Gasteiger charge is -2.27. The van der Waals surface area contributed by atoms with Crippen LogP contribution >= 0.6 is 24.0 Å². The summed E-state index contributed by atoms with van der Waals surface area (Å²) in [4.78, 5) is 14.1. The Labute approximate surface area is 129 Å². The van der Waals surface area contributed by atoms with Crippen molar-refractivity contribution in [3.63, 3.8) is 0 Å². The summed E-state index contributed by atoms with van der Waals surface area (Å²) >= 11 is 5.64. The van der Waals surface area contributed by atoms with Crippen LogP contribution in [0.15, 0.2) is 18.2 Å². The van der Waals surface area contributed by atoms with Crippen molar-refractivity contribution in [1.82, 2.24) is 15.5 Å². The van der Waals surface area contributed by atoms with E-state index in [-0.39, 0.29) is 23.0 Å². The highest BCUT2D eigenvalue weighted by atomic mass is 35.5. The molecule has 4 nitrogen and oxygen atoms in total. The van der Waals surface area contributed by atoms with Crippen molar-refractivity contribution < 1.29 is 9.18 Å². The lowest BCUT2D eigenvalue weighted by atomic mass is 10.2. The number of amides is 1. The molecule has 0 aliphatic carbocycles. The highest BCUT2D eigenvalue weighted by molar-refractivity contribution is 6.31. The Bertz CT molecular complexity index is 453. The third-order valence-corrected chi connectivity index (χ3v) is 3.41. The van der Waals surface area contributed by atoms with E-state index >= 15 is 0 Å². The maximum Gasteiger partial charge on any atom is 0.254 e. The zero-order valence-electron chi connectivity index (χ0n) is 11.0. The molecule has 7 heteroatoms. The lowest BCUT2D eigenvalue weighted by Crippen LogP contribution is -2.46. The molecule has 1 amide bonds. The minimum atomic E-state index is -0.663. The average molecular weight is 322 g/mol. The minimum Gasteiger partial charge on any atom is -0.351 e. The first kappa shape index (κ1) is 17.2. The van der Waals surface area contributed by atoms with Gasteiger partial charge in [0.05, 0.1) is 10.6 Å². The third kappa shape index (κ3) is 4.59. The number of nitrogens with zero attached hydrogens (tertiary/aromatic N) is 1. The van der Waals surface area contributed by atoms with Crippen molar-refractivity contribution in [1.29, 1.82) is 0 Å². The molecule has 0 unspecified atom stereocenters. The van der Waals surface area contributed by atoms with Gasteiger partial charge in [-0.05, 0) is 12.1 Å². The van der Waals surface area contributed by atoms with Gasteiger partial charge in [-0.15, -0.1) is 12.4 Å². The van der Waals surface area contributed by atoms with E-state index < -0.39 is 11.7 Å². The summed E-state index contributed by atoms with van der Waals surface area (Å²) in [7, 11) is 0. The first-order valence-electron chi connectivity index (χ1n) is 6.34. The molecule has 1 fully saturated rings. The molecule has 0 saturated carbocycles. The Hall–Kier alpha value is -0.880. The Kier molecular flexibility index (Phi) is 7.23. The predicted octanol–water partition coefficient (Wildman–Crippen LogP) is 1.54. The van der Waals surface area contributed by atoms with Gasteiger partial charge in [-0.25, -0.2) is 4.39 Å². The quantitative estimate of drug-likeness (QED) is 0.884. The van der Waals surface area contributed by atoms with E-state index in [2.05, 4.69) is 15.5 Å². The number of carbonyl (C=O) groups is 1. The standard InChI is InChI=1S/C13H17ClFN3O.ClH/c14-11-3-1-2-10(12(11)15)13(19)17-6-9-18-7-4-16-5-8-18;/h1-3,16H,4-9H2,(H,17,19);1H. The average Bonchev–Trinajstić information content (AvgIpc) is 2.43. The highest BCUT2D eigenvalue weighted by Crippen LogP contribution is 2.17. The van der Waals surface area contributed by atoms with Crippen LogP contribution in [0, 0.1) is 5.82 Å². The van der Waals surface area contributed by atoms with Gasteiger partial charge in [-0.1, -0.05) is 17.7 Å². The predicted molar refractivity (Wildman–Crippen MR) is 80.3 cm³/mol. The van der Waals surface area contributed by atoms with Gasteiger partial charge in [-0.3, -0.25) is 9.69 Å². The van der Waals surface area contributed by atoms with Crippen LogP contribution in [0.3, 0.4) is 0 Å². The second kappa shape index (κ2) is 8.42. The number of rotatable bonds is 4. The molecule has 0 atom stereocenters. The van der Waals surface area contributed by atoms with E-state index in [1.165, 1.54) is 12.1 Å². The van der Waals surface area contributed by atoms with Gasteiger partial charge in [-0.2, -0.15) is 0 Å². The Morgan fingerprint density at radius 2 is 2.10 bits per heavy atom. The number of hydrogen-bond acceptors (Lipinski definition) is 3. The van der Waals surface area contributed by atoms with Crippen LogP contribution in [0.25, 0.3) is 0 Å². The summed E-state index contributed by atoms with van der Waals surface area (Å²) < 4.78 is 13.6. The van der Waals surface area contributed by atoms with Gasteiger partial charge in [0.15, 0.2) is 5.82 Å². The van der Waals surface area contributed by atoms with E-state index in [1.807, 2.05) is 0 Å². The molecule has 112 valence electrons. The topological polar surface area (TPSA) is 44.4 Å². The molecule has 0 spiro atoms. The van der Waals surface area contributed by atoms with Gasteiger partial charge in [0.25, 0.3) is 5.91 Å². The summed E-state index contributed by atoms with van der Waals surface area (Å²) in [6, 6.07) is 4.42. The van der Waals surface area contributed by atoms with E-state index in [1.54, 1.807) is 6.07 Å². The molecule has 1 aromatic rings. The number of halogens is 3. The monoisotopic (exact) mass is 321 g/mol. The van der Waals surface area contributed by atoms with Gasteiger partial charge >= 0.3 is 0 Å². The molecule has 1 saturated heterocycles. The van der Waals surface area contributed by atoms with E-state index in [4.69, 9.17) is 11.6 Å². The summed E-state index contributed by atoms with van der Waals surface area (Å²) in [6.07, 6.45) is 0. The zero-order valence-corrected chi connectivity index (χ0v) is 12.6. The minimum absolute atomic E-state index is 0. The van der Waals surface area contributed by atoms with Crippen molar-refractivity contribution in [3.05, 3.63) is 34.6 Å². The molecule has 1 aliphatic heterocycles. The number of hydrogen-bond donors (Lipinski definition) is 2. The SMILES string of the molecule is Cl.O=C(NCCN1CCNCC1)c1cccc(Cl)c1F. The van der Waals surface area contributed by atoms with Gasteiger partial charge in [0, 0.05) is 39.3 Å². The summed E-state index contributed by atoms with van der Waals surface area (Å²) in [5.41, 5.74) is -0.00666. The van der Waals surface area contributed by atoms with E-state index in [9.17, 15) is 9.18 Å². The van der Waals surface area contributed by atoms with Crippen LogP contribution in [0.1, 0.15) is 10.4 Å². The van der Waals surface area contributed by atoms with Crippen molar-refractivity contribution in [2.24, 2.45) is 0 Å².